The van der Waals surface area contributed by atoms with Crippen LogP contribution in [0, 0.1) is 6.92 Å². The van der Waals surface area contributed by atoms with Gasteiger partial charge in [0.05, 0.1) is 12.2 Å². The summed E-state index contributed by atoms with van der Waals surface area (Å²) in [5.74, 6) is 0.377. The van der Waals surface area contributed by atoms with Crippen LogP contribution in [0.4, 0.5) is 5.82 Å². The molecular weight excluding hydrogens is 316 g/mol. The Labute approximate surface area is 139 Å². The summed E-state index contributed by atoms with van der Waals surface area (Å²) in [6, 6.07) is 9.15. The number of carbonyl (C=O) groups is 2. The maximum atomic E-state index is 12.2. The van der Waals surface area contributed by atoms with Gasteiger partial charge in [-0.2, -0.15) is 5.10 Å². The van der Waals surface area contributed by atoms with Crippen LogP contribution in [0.5, 0.6) is 0 Å². The lowest BCUT2D eigenvalue weighted by atomic mass is 10.2. The number of rotatable bonds is 4. The SMILES string of the molecule is Cc1cc2n(n1)CCC(=O)N2CC(=O)NCc1ccccc1Cl. The van der Waals surface area contributed by atoms with E-state index in [9.17, 15) is 9.59 Å². The van der Waals surface area contributed by atoms with Crippen molar-refractivity contribution in [1.29, 1.82) is 0 Å². The average Bonchev–Trinajstić information content (AvgIpc) is 2.90. The fraction of sp³-hybridized carbons (Fsp3) is 0.312. The number of amides is 2. The number of fused-ring (bicyclic) bond motifs is 1. The molecule has 0 spiro atoms. The van der Waals surface area contributed by atoms with Gasteiger partial charge >= 0.3 is 0 Å². The van der Waals surface area contributed by atoms with Crippen molar-refractivity contribution in [1.82, 2.24) is 15.1 Å². The van der Waals surface area contributed by atoms with Gasteiger partial charge in [0, 0.05) is 24.1 Å². The topological polar surface area (TPSA) is 67.2 Å². The maximum absolute atomic E-state index is 12.2. The molecule has 2 heterocycles. The first-order valence-electron chi connectivity index (χ1n) is 7.39. The van der Waals surface area contributed by atoms with Crippen molar-refractivity contribution in [2.45, 2.75) is 26.4 Å². The molecule has 1 N–H and O–H groups in total. The summed E-state index contributed by atoms with van der Waals surface area (Å²) < 4.78 is 1.76. The van der Waals surface area contributed by atoms with E-state index in [4.69, 9.17) is 11.6 Å². The molecule has 120 valence electrons. The molecule has 0 fully saturated rings. The molecular formula is C16H17ClN4O2. The zero-order valence-electron chi connectivity index (χ0n) is 12.8. The highest BCUT2D eigenvalue weighted by atomic mass is 35.5. The first-order valence-corrected chi connectivity index (χ1v) is 7.77. The van der Waals surface area contributed by atoms with Gasteiger partial charge in [0.15, 0.2) is 0 Å². The molecule has 0 saturated carbocycles. The van der Waals surface area contributed by atoms with Crippen LogP contribution in [0.3, 0.4) is 0 Å². The van der Waals surface area contributed by atoms with E-state index >= 15 is 0 Å². The lowest BCUT2D eigenvalue weighted by Crippen LogP contribution is -2.44. The molecule has 7 heteroatoms. The van der Waals surface area contributed by atoms with Crippen molar-refractivity contribution in [3.05, 3.63) is 46.6 Å². The van der Waals surface area contributed by atoms with E-state index in [2.05, 4.69) is 10.4 Å². The van der Waals surface area contributed by atoms with E-state index in [0.717, 1.165) is 11.3 Å². The second kappa shape index (κ2) is 6.42. The molecule has 0 bridgehead atoms. The number of aryl methyl sites for hydroxylation is 2. The Morgan fingerprint density at radius 2 is 2.17 bits per heavy atom. The molecule has 0 aliphatic carbocycles. The first kappa shape index (κ1) is 15.6. The minimum atomic E-state index is -0.231. The molecule has 0 atom stereocenters. The lowest BCUT2D eigenvalue weighted by molar-refractivity contribution is -0.124. The predicted octanol–water partition coefficient (Wildman–Crippen LogP) is 1.90. The van der Waals surface area contributed by atoms with E-state index < -0.39 is 0 Å². The van der Waals surface area contributed by atoms with E-state index in [-0.39, 0.29) is 18.4 Å². The molecule has 0 unspecified atom stereocenters. The minimum absolute atomic E-state index is 0.0194. The standard InChI is InChI=1S/C16H17ClN4O2/c1-11-8-15-20(16(23)6-7-21(15)19-11)10-14(22)18-9-12-4-2-3-5-13(12)17/h2-5,8H,6-7,9-10H2,1H3,(H,18,22). The second-order valence-corrected chi connectivity index (χ2v) is 5.87. The molecule has 1 aliphatic heterocycles. The van der Waals surface area contributed by atoms with Crippen molar-refractivity contribution < 1.29 is 9.59 Å². The first-order chi connectivity index (χ1) is 11.0. The van der Waals surface area contributed by atoms with Gasteiger partial charge in [-0.25, -0.2) is 4.68 Å². The number of hydrogen-bond donors (Lipinski definition) is 1. The number of benzene rings is 1. The zero-order chi connectivity index (χ0) is 16.4. The molecule has 1 aromatic carbocycles. The Hall–Kier alpha value is -2.34. The number of nitrogens with zero attached hydrogens (tertiary/aromatic N) is 3. The predicted molar refractivity (Wildman–Crippen MR) is 87.2 cm³/mol. The summed E-state index contributed by atoms with van der Waals surface area (Å²) in [7, 11) is 0. The molecule has 0 saturated heterocycles. The van der Waals surface area contributed by atoms with Gasteiger partial charge in [0.25, 0.3) is 0 Å². The molecule has 3 rings (SSSR count). The summed E-state index contributed by atoms with van der Waals surface area (Å²) in [4.78, 5) is 25.8. The highest BCUT2D eigenvalue weighted by Gasteiger charge is 2.27. The lowest BCUT2D eigenvalue weighted by Gasteiger charge is -2.26. The molecule has 1 aliphatic rings. The van der Waals surface area contributed by atoms with E-state index in [1.54, 1.807) is 10.7 Å². The van der Waals surface area contributed by atoms with Crippen LogP contribution in [0.1, 0.15) is 17.7 Å². The van der Waals surface area contributed by atoms with Crippen LogP contribution >= 0.6 is 11.6 Å². The monoisotopic (exact) mass is 332 g/mol. The Balaban J connectivity index is 1.66. The van der Waals surface area contributed by atoms with Gasteiger partial charge in [-0.05, 0) is 18.6 Å². The Bertz CT molecular complexity index is 756. The third-order valence-corrected chi connectivity index (χ3v) is 4.10. The van der Waals surface area contributed by atoms with Crippen molar-refractivity contribution >= 4 is 29.2 Å². The number of hydrogen-bond acceptors (Lipinski definition) is 3. The van der Waals surface area contributed by atoms with Gasteiger partial charge in [-0.3, -0.25) is 14.5 Å². The van der Waals surface area contributed by atoms with Crippen LogP contribution in [-0.2, 0) is 22.7 Å². The fourth-order valence-electron chi connectivity index (χ4n) is 2.58. The number of halogens is 1. The van der Waals surface area contributed by atoms with Crippen LogP contribution in [-0.4, -0.2) is 28.1 Å². The van der Waals surface area contributed by atoms with Crippen molar-refractivity contribution in [2.24, 2.45) is 0 Å². The van der Waals surface area contributed by atoms with E-state index in [1.807, 2.05) is 31.2 Å². The largest absolute Gasteiger partial charge is 0.350 e. The number of anilines is 1. The molecule has 2 aromatic rings. The Kier molecular flexibility index (Phi) is 4.34. The number of carbonyl (C=O) groups excluding carboxylic acids is 2. The van der Waals surface area contributed by atoms with Crippen LogP contribution in [0.15, 0.2) is 30.3 Å². The Morgan fingerprint density at radius 1 is 1.39 bits per heavy atom. The third kappa shape index (κ3) is 3.37. The molecule has 23 heavy (non-hydrogen) atoms. The zero-order valence-corrected chi connectivity index (χ0v) is 13.5. The van der Waals surface area contributed by atoms with Crippen LogP contribution in [0.25, 0.3) is 0 Å². The van der Waals surface area contributed by atoms with Gasteiger partial charge in [-0.15, -0.1) is 0 Å². The minimum Gasteiger partial charge on any atom is -0.350 e. The van der Waals surface area contributed by atoms with Crippen LogP contribution in [0.2, 0.25) is 5.02 Å². The van der Waals surface area contributed by atoms with E-state index in [0.29, 0.717) is 30.4 Å². The summed E-state index contributed by atoms with van der Waals surface area (Å²) in [6.07, 6.45) is 0.353. The quantitative estimate of drug-likeness (QED) is 0.929. The molecule has 6 nitrogen and oxygen atoms in total. The summed E-state index contributed by atoms with van der Waals surface area (Å²) >= 11 is 6.07. The highest BCUT2D eigenvalue weighted by molar-refractivity contribution is 6.31. The van der Waals surface area contributed by atoms with Gasteiger partial charge in [-0.1, -0.05) is 29.8 Å². The number of aromatic nitrogens is 2. The van der Waals surface area contributed by atoms with Crippen molar-refractivity contribution in [3.63, 3.8) is 0 Å². The highest BCUT2D eigenvalue weighted by Crippen LogP contribution is 2.22. The van der Waals surface area contributed by atoms with E-state index in [1.165, 1.54) is 4.90 Å². The second-order valence-electron chi connectivity index (χ2n) is 5.47. The summed E-state index contributed by atoms with van der Waals surface area (Å²) in [5, 5.41) is 7.73. The fourth-order valence-corrected chi connectivity index (χ4v) is 2.78. The number of nitrogens with one attached hydrogen (secondary N) is 1. The van der Waals surface area contributed by atoms with Crippen molar-refractivity contribution in [2.75, 3.05) is 11.4 Å². The third-order valence-electron chi connectivity index (χ3n) is 3.73. The normalized spacial score (nSPS) is 13.8. The average molecular weight is 333 g/mol. The van der Waals surface area contributed by atoms with Crippen LogP contribution < -0.4 is 10.2 Å². The van der Waals surface area contributed by atoms with Gasteiger partial charge in [0.1, 0.15) is 12.4 Å². The maximum Gasteiger partial charge on any atom is 0.240 e. The van der Waals surface area contributed by atoms with Gasteiger partial charge in [0.2, 0.25) is 11.8 Å². The van der Waals surface area contributed by atoms with Gasteiger partial charge < -0.3 is 5.32 Å². The molecule has 2 amide bonds. The summed E-state index contributed by atoms with van der Waals surface area (Å²) in [5.41, 5.74) is 1.67. The molecule has 1 aromatic heterocycles. The van der Waals surface area contributed by atoms with Crippen molar-refractivity contribution in [3.8, 4) is 0 Å². The molecule has 0 radical (unpaired) electrons. The summed E-state index contributed by atoms with van der Waals surface area (Å²) in [6.45, 7) is 2.73. The smallest absolute Gasteiger partial charge is 0.240 e. The Morgan fingerprint density at radius 3 is 2.96 bits per heavy atom.